The van der Waals surface area contributed by atoms with Crippen molar-refractivity contribution in [2.45, 2.75) is 25.3 Å². The van der Waals surface area contributed by atoms with Gasteiger partial charge in [0.2, 0.25) is 0 Å². The Morgan fingerprint density at radius 2 is 1.76 bits per heavy atom. The molecule has 0 bridgehead atoms. The number of hydrogen-bond donors (Lipinski definition) is 1. The van der Waals surface area contributed by atoms with Crippen LogP contribution >= 0.6 is 23.2 Å². The lowest BCUT2D eigenvalue weighted by Gasteiger charge is -2.11. The molecule has 0 heterocycles. The summed E-state index contributed by atoms with van der Waals surface area (Å²) >= 11 is 12.0. The van der Waals surface area contributed by atoms with E-state index >= 15 is 0 Å². The second kappa shape index (κ2) is 7.60. The molecule has 1 atom stereocenters. The van der Waals surface area contributed by atoms with Gasteiger partial charge in [0, 0.05) is 18.9 Å². The third-order valence-electron chi connectivity index (χ3n) is 3.38. The topological polar surface area (TPSA) is 43.1 Å². The molecule has 0 fully saturated rings. The number of rotatable bonds is 6. The molecule has 21 heavy (non-hydrogen) atoms. The van der Waals surface area contributed by atoms with Crippen LogP contribution in [0.25, 0.3) is 0 Å². The third-order valence-corrected chi connectivity index (χ3v) is 4.24. The Kier molecular flexibility index (Phi) is 5.80. The van der Waals surface area contributed by atoms with Crippen LogP contribution in [0, 0.1) is 0 Å². The summed E-state index contributed by atoms with van der Waals surface area (Å²) in [5, 5.41) is 0.933. The fraction of sp³-hybridized carbons (Fsp3) is 0.235. The largest absolute Gasteiger partial charge is 0.324 e. The highest BCUT2D eigenvalue weighted by molar-refractivity contribution is 6.42. The molecule has 2 rings (SSSR count). The van der Waals surface area contributed by atoms with Gasteiger partial charge >= 0.3 is 0 Å². The van der Waals surface area contributed by atoms with E-state index in [-0.39, 0.29) is 11.8 Å². The molecule has 2 nitrogen and oxygen atoms in total. The maximum Gasteiger partial charge on any atom is 0.137 e. The highest BCUT2D eigenvalue weighted by atomic mass is 35.5. The monoisotopic (exact) mass is 321 g/mol. The van der Waals surface area contributed by atoms with Crippen molar-refractivity contribution in [3.05, 3.63) is 69.7 Å². The molecule has 0 aliphatic heterocycles. The first kappa shape index (κ1) is 16.0. The number of benzene rings is 2. The Labute approximate surface area is 134 Å². The fourth-order valence-corrected chi connectivity index (χ4v) is 2.56. The van der Waals surface area contributed by atoms with Gasteiger partial charge in [0.25, 0.3) is 0 Å². The number of carbonyl (C=O) groups excluding carboxylic acids is 1. The van der Waals surface area contributed by atoms with Crippen LogP contribution in [-0.4, -0.2) is 5.78 Å². The molecule has 110 valence electrons. The van der Waals surface area contributed by atoms with Gasteiger partial charge in [0.15, 0.2) is 0 Å². The van der Waals surface area contributed by atoms with Gasteiger partial charge in [-0.25, -0.2) is 0 Å². The average molecular weight is 322 g/mol. The van der Waals surface area contributed by atoms with Crippen molar-refractivity contribution >= 4 is 29.0 Å². The number of halogens is 2. The highest BCUT2D eigenvalue weighted by Gasteiger charge is 2.12. The Hall–Kier alpha value is -1.35. The van der Waals surface area contributed by atoms with E-state index in [2.05, 4.69) is 0 Å². The van der Waals surface area contributed by atoms with E-state index in [1.165, 1.54) is 0 Å². The number of Topliss-reactive ketones (excluding diaryl/α,β-unsaturated/α-hetero) is 1. The predicted octanol–water partition coefficient (Wildman–Crippen LogP) is 4.59. The molecule has 0 saturated heterocycles. The van der Waals surface area contributed by atoms with Crippen molar-refractivity contribution in [1.82, 2.24) is 0 Å². The van der Waals surface area contributed by atoms with Gasteiger partial charge in [-0.1, -0.05) is 65.7 Å². The highest BCUT2D eigenvalue weighted by Crippen LogP contribution is 2.26. The van der Waals surface area contributed by atoms with Crippen molar-refractivity contribution in [1.29, 1.82) is 0 Å². The van der Waals surface area contributed by atoms with Gasteiger partial charge in [0.1, 0.15) is 5.78 Å². The van der Waals surface area contributed by atoms with Crippen molar-refractivity contribution < 1.29 is 4.79 Å². The van der Waals surface area contributed by atoms with Gasteiger partial charge in [0.05, 0.1) is 10.0 Å². The maximum atomic E-state index is 12.1. The number of nitrogens with two attached hydrogens (primary N) is 1. The minimum absolute atomic E-state index is 0.116. The molecule has 2 N–H and O–H groups in total. The summed E-state index contributed by atoms with van der Waals surface area (Å²) in [6.07, 6.45) is 1.35. The molecule has 0 radical (unpaired) electrons. The third kappa shape index (κ3) is 4.57. The van der Waals surface area contributed by atoms with Crippen molar-refractivity contribution in [3.8, 4) is 0 Å². The van der Waals surface area contributed by atoms with E-state index in [1.54, 1.807) is 12.1 Å². The van der Waals surface area contributed by atoms with Crippen LogP contribution in [0.4, 0.5) is 0 Å². The van der Waals surface area contributed by atoms with Crippen LogP contribution in [0.2, 0.25) is 10.0 Å². The number of ketones is 1. The maximum absolute atomic E-state index is 12.1. The molecule has 4 heteroatoms. The summed E-state index contributed by atoms with van der Waals surface area (Å²) in [7, 11) is 0. The Morgan fingerprint density at radius 1 is 1.05 bits per heavy atom. The molecular weight excluding hydrogens is 305 g/mol. The second-order valence-corrected chi connectivity index (χ2v) is 5.77. The van der Waals surface area contributed by atoms with E-state index in [0.29, 0.717) is 29.3 Å². The van der Waals surface area contributed by atoms with Gasteiger partial charge < -0.3 is 5.73 Å². The number of carbonyl (C=O) groups is 1. The zero-order valence-corrected chi connectivity index (χ0v) is 13.1. The smallest absolute Gasteiger partial charge is 0.137 e. The van der Waals surface area contributed by atoms with Crippen LogP contribution in [0.1, 0.15) is 30.0 Å². The Bertz CT molecular complexity index is 613. The molecule has 0 aliphatic rings. The molecule has 2 aromatic carbocycles. The average Bonchev–Trinajstić information content (AvgIpc) is 2.50. The first-order valence-corrected chi connectivity index (χ1v) is 7.58. The van der Waals surface area contributed by atoms with Gasteiger partial charge in [-0.05, 0) is 23.6 Å². The Balaban J connectivity index is 1.89. The van der Waals surface area contributed by atoms with Crippen molar-refractivity contribution in [3.63, 3.8) is 0 Å². The van der Waals surface area contributed by atoms with E-state index in [0.717, 1.165) is 11.1 Å². The van der Waals surface area contributed by atoms with Crippen molar-refractivity contribution in [2.24, 2.45) is 5.73 Å². The first-order chi connectivity index (χ1) is 10.1. The predicted molar refractivity (Wildman–Crippen MR) is 87.8 cm³/mol. The fourth-order valence-electron chi connectivity index (χ4n) is 2.17. The molecular formula is C17H17Cl2NO. The molecule has 0 saturated carbocycles. The zero-order chi connectivity index (χ0) is 15.2. The van der Waals surface area contributed by atoms with Crippen LogP contribution in [0.15, 0.2) is 48.5 Å². The van der Waals surface area contributed by atoms with Crippen LogP contribution in [0.5, 0.6) is 0 Å². The molecule has 2 aromatic rings. The van der Waals surface area contributed by atoms with Crippen LogP contribution in [0.3, 0.4) is 0 Å². The Morgan fingerprint density at radius 3 is 2.48 bits per heavy atom. The first-order valence-electron chi connectivity index (χ1n) is 6.83. The summed E-state index contributed by atoms with van der Waals surface area (Å²) in [5.41, 5.74) is 7.90. The number of hydrogen-bond acceptors (Lipinski definition) is 2. The quantitative estimate of drug-likeness (QED) is 0.845. The lowest BCUT2D eigenvalue weighted by molar-refractivity contribution is -0.118. The zero-order valence-electron chi connectivity index (χ0n) is 11.6. The molecule has 0 aliphatic carbocycles. The van der Waals surface area contributed by atoms with E-state index in [4.69, 9.17) is 28.9 Å². The summed E-state index contributed by atoms with van der Waals surface area (Å²) in [5.74, 6) is 0.116. The molecule has 0 aromatic heterocycles. The van der Waals surface area contributed by atoms with E-state index in [9.17, 15) is 4.79 Å². The molecule has 1 unspecified atom stereocenters. The minimum atomic E-state index is -0.120. The summed E-state index contributed by atoms with van der Waals surface area (Å²) in [6, 6.07) is 15.0. The van der Waals surface area contributed by atoms with Crippen LogP contribution < -0.4 is 5.73 Å². The molecule has 0 spiro atoms. The van der Waals surface area contributed by atoms with E-state index < -0.39 is 0 Å². The summed E-state index contributed by atoms with van der Waals surface area (Å²) in [4.78, 5) is 12.1. The summed E-state index contributed by atoms with van der Waals surface area (Å²) < 4.78 is 0. The lowest BCUT2D eigenvalue weighted by Crippen LogP contribution is -2.13. The summed E-state index contributed by atoms with van der Waals surface area (Å²) in [6.45, 7) is 0. The van der Waals surface area contributed by atoms with Gasteiger partial charge in [-0.3, -0.25) is 4.79 Å². The standard InChI is InChI=1S/C17H17Cl2NO/c18-15-8-4-7-13(17(15)19)11-14(21)9-10-16(20)12-5-2-1-3-6-12/h1-8,16H,9-11,20H2. The normalized spacial score (nSPS) is 12.1. The second-order valence-electron chi connectivity index (χ2n) is 4.98. The van der Waals surface area contributed by atoms with Gasteiger partial charge in [-0.2, -0.15) is 0 Å². The lowest BCUT2D eigenvalue weighted by atomic mass is 9.99. The van der Waals surface area contributed by atoms with Gasteiger partial charge in [-0.15, -0.1) is 0 Å². The van der Waals surface area contributed by atoms with E-state index in [1.807, 2.05) is 36.4 Å². The van der Waals surface area contributed by atoms with Crippen molar-refractivity contribution in [2.75, 3.05) is 0 Å². The molecule has 0 amide bonds. The minimum Gasteiger partial charge on any atom is -0.324 e. The SMILES string of the molecule is NC(CCC(=O)Cc1cccc(Cl)c1Cl)c1ccccc1. The van der Waals surface area contributed by atoms with Crippen LogP contribution in [-0.2, 0) is 11.2 Å².